The zero-order valence-electron chi connectivity index (χ0n) is 6.95. The van der Waals surface area contributed by atoms with Gasteiger partial charge >= 0.3 is 0 Å². The van der Waals surface area contributed by atoms with Crippen molar-refractivity contribution >= 4 is 0 Å². The summed E-state index contributed by atoms with van der Waals surface area (Å²) in [5, 5.41) is 11.5. The SMILES string of the molecule is Cn1ncc(C(N)c2ncon2)n1. The van der Waals surface area contributed by atoms with Crippen LogP contribution in [0.15, 0.2) is 17.1 Å². The van der Waals surface area contributed by atoms with Gasteiger partial charge in [0.25, 0.3) is 0 Å². The molecule has 1 atom stereocenters. The van der Waals surface area contributed by atoms with E-state index in [-0.39, 0.29) is 0 Å². The summed E-state index contributed by atoms with van der Waals surface area (Å²) < 4.78 is 4.57. The van der Waals surface area contributed by atoms with Crippen molar-refractivity contribution in [1.82, 2.24) is 25.1 Å². The van der Waals surface area contributed by atoms with Crippen LogP contribution in [0.2, 0.25) is 0 Å². The quantitative estimate of drug-likeness (QED) is 0.653. The third kappa shape index (κ3) is 1.41. The third-order valence-corrected chi connectivity index (χ3v) is 1.59. The van der Waals surface area contributed by atoms with Gasteiger partial charge in [-0.05, 0) is 0 Å². The molecule has 0 saturated heterocycles. The van der Waals surface area contributed by atoms with Crippen molar-refractivity contribution in [3.63, 3.8) is 0 Å². The molecule has 0 aliphatic heterocycles. The van der Waals surface area contributed by atoms with E-state index in [1.807, 2.05) is 0 Å². The van der Waals surface area contributed by atoms with Crippen molar-refractivity contribution in [2.45, 2.75) is 6.04 Å². The molecule has 0 spiro atoms. The fourth-order valence-electron chi connectivity index (χ4n) is 0.952. The minimum absolute atomic E-state index is 0.403. The highest BCUT2D eigenvalue weighted by Crippen LogP contribution is 2.11. The van der Waals surface area contributed by atoms with E-state index in [0.717, 1.165) is 0 Å². The summed E-state index contributed by atoms with van der Waals surface area (Å²) in [7, 11) is 1.71. The molecule has 0 saturated carbocycles. The predicted octanol–water partition coefficient (Wildman–Crippen LogP) is -0.754. The van der Waals surface area contributed by atoms with Crippen molar-refractivity contribution in [3.05, 3.63) is 24.1 Å². The highest BCUT2D eigenvalue weighted by Gasteiger charge is 2.16. The second kappa shape index (κ2) is 2.94. The lowest BCUT2D eigenvalue weighted by Crippen LogP contribution is -2.14. The highest BCUT2D eigenvalue weighted by atomic mass is 16.5. The maximum atomic E-state index is 5.77. The molecule has 1 unspecified atom stereocenters. The lowest BCUT2D eigenvalue weighted by Gasteiger charge is -1.99. The average Bonchev–Trinajstić information content (AvgIpc) is 2.72. The van der Waals surface area contributed by atoms with E-state index in [1.165, 1.54) is 11.2 Å². The smallest absolute Gasteiger partial charge is 0.213 e. The third-order valence-electron chi connectivity index (χ3n) is 1.59. The topological polar surface area (TPSA) is 95.7 Å². The monoisotopic (exact) mass is 180 g/mol. The molecule has 2 N–H and O–H groups in total. The Morgan fingerprint density at radius 1 is 1.62 bits per heavy atom. The van der Waals surface area contributed by atoms with Crippen LogP contribution in [0, 0.1) is 0 Å². The summed E-state index contributed by atoms with van der Waals surface area (Å²) in [5.74, 6) is 0.403. The van der Waals surface area contributed by atoms with Gasteiger partial charge in [0.15, 0.2) is 5.82 Å². The molecule has 0 aliphatic carbocycles. The molecule has 0 bridgehead atoms. The number of hydrogen-bond acceptors (Lipinski definition) is 6. The lowest BCUT2D eigenvalue weighted by atomic mass is 10.2. The molecule has 0 radical (unpaired) electrons. The van der Waals surface area contributed by atoms with E-state index in [9.17, 15) is 0 Å². The van der Waals surface area contributed by atoms with Crippen LogP contribution >= 0.6 is 0 Å². The number of hydrogen-bond donors (Lipinski definition) is 1. The number of nitrogens with two attached hydrogens (primary N) is 1. The normalized spacial score (nSPS) is 13.1. The molecule has 0 amide bonds. The average molecular weight is 180 g/mol. The highest BCUT2D eigenvalue weighted by molar-refractivity contribution is 5.09. The van der Waals surface area contributed by atoms with Gasteiger partial charge in [0.2, 0.25) is 6.39 Å². The molecule has 7 heteroatoms. The molecule has 68 valence electrons. The molecular weight excluding hydrogens is 172 g/mol. The number of nitrogens with zero attached hydrogens (tertiary/aromatic N) is 5. The molecule has 2 aromatic heterocycles. The summed E-state index contributed by atoms with van der Waals surface area (Å²) in [6, 6.07) is -0.479. The Kier molecular flexibility index (Phi) is 1.78. The van der Waals surface area contributed by atoms with Gasteiger partial charge in [0.05, 0.1) is 6.20 Å². The number of rotatable bonds is 2. The molecule has 7 nitrogen and oxygen atoms in total. The van der Waals surface area contributed by atoms with E-state index < -0.39 is 6.04 Å². The van der Waals surface area contributed by atoms with E-state index in [0.29, 0.717) is 11.5 Å². The summed E-state index contributed by atoms with van der Waals surface area (Å²) in [5.41, 5.74) is 6.39. The number of aryl methyl sites for hydroxylation is 1. The van der Waals surface area contributed by atoms with Gasteiger partial charge in [0.1, 0.15) is 11.7 Å². The Morgan fingerprint density at radius 3 is 3.00 bits per heavy atom. The minimum atomic E-state index is -0.479. The zero-order valence-corrected chi connectivity index (χ0v) is 6.95. The van der Waals surface area contributed by atoms with Gasteiger partial charge in [-0.15, -0.1) is 0 Å². The first-order valence-corrected chi connectivity index (χ1v) is 3.65. The lowest BCUT2D eigenvalue weighted by molar-refractivity contribution is 0.407. The van der Waals surface area contributed by atoms with Crippen molar-refractivity contribution in [1.29, 1.82) is 0 Å². The van der Waals surface area contributed by atoms with Crippen LogP contribution < -0.4 is 5.73 Å². The Hall–Kier alpha value is -1.76. The maximum absolute atomic E-state index is 5.77. The molecule has 2 aromatic rings. The molecule has 13 heavy (non-hydrogen) atoms. The van der Waals surface area contributed by atoms with Crippen LogP contribution in [0.4, 0.5) is 0 Å². The first-order chi connectivity index (χ1) is 6.27. The van der Waals surface area contributed by atoms with Crippen molar-refractivity contribution in [3.8, 4) is 0 Å². The van der Waals surface area contributed by atoms with Crippen LogP contribution in [0.3, 0.4) is 0 Å². The zero-order chi connectivity index (χ0) is 9.26. The van der Waals surface area contributed by atoms with Crippen LogP contribution in [0.25, 0.3) is 0 Å². The minimum Gasteiger partial charge on any atom is -0.343 e. The van der Waals surface area contributed by atoms with Crippen LogP contribution in [0.5, 0.6) is 0 Å². The van der Waals surface area contributed by atoms with Crippen molar-refractivity contribution in [2.24, 2.45) is 12.8 Å². The molecule has 0 aromatic carbocycles. The second-order valence-electron chi connectivity index (χ2n) is 2.53. The molecule has 0 aliphatic rings. The van der Waals surface area contributed by atoms with E-state index in [4.69, 9.17) is 5.73 Å². The molecule has 0 fully saturated rings. The Bertz CT molecular complexity index is 379. The first kappa shape index (κ1) is 7.87. The Labute approximate surface area is 73.5 Å². The Morgan fingerprint density at radius 2 is 2.46 bits per heavy atom. The van der Waals surface area contributed by atoms with Gasteiger partial charge in [-0.2, -0.15) is 20.0 Å². The first-order valence-electron chi connectivity index (χ1n) is 3.65. The van der Waals surface area contributed by atoms with Gasteiger partial charge in [0, 0.05) is 7.05 Å². The summed E-state index contributed by atoms with van der Waals surface area (Å²) in [6.07, 6.45) is 2.80. The molecular formula is C6H8N6O. The van der Waals surface area contributed by atoms with Gasteiger partial charge in [-0.1, -0.05) is 5.16 Å². The fourth-order valence-corrected chi connectivity index (χ4v) is 0.952. The van der Waals surface area contributed by atoms with Crippen LogP contribution in [-0.2, 0) is 7.05 Å². The standard InChI is InChI=1S/C6H8N6O/c1-12-9-2-4(10-12)5(7)6-8-3-13-11-6/h2-3,5H,7H2,1H3. The van der Waals surface area contributed by atoms with Crippen molar-refractivity contribution < 1.29 is 4.52 Å². The van der Waals surface area contributed by atoms with E-state index >= 15 is 0 Å². The Balaban J connectivity index is 2.28. The predicted molar refractivity (Wildman–Crippen MR) is 41.3 cm³/mol. The maximum Gasteiger partial charge on any atom is 0.213 e. The van der Waals surface area contributed by atoms with Crippen LogP contribution in [-0.4, -0.2) is 25.1 Å². The van der Waals surface area contributed by atoms with E-state index in [1.54, 1.807) is 13.2 Å². The number of aromatic nitrogens is 5. The van der Waals surface area contributed by atoms with Gasteiger partial charge in [-0.25, -0.2) is 0 Å². The molecule has 2 rings (SSSR count). The van der Waals surface area contributed by atoms with Crippen LogP contribution in [0.1, 0.15) is 17.6 Å². The largest absolute Gasteiger partial charge is 0.343 e. The summed E-state index contributed by atoms with van der Waals surface area (Å²) in [4.78, 5) is 5.25. The summed E-state index contributed by atoms with van der Waals surface area (Å²) in [6.45, 7) is 0. The summed E-state index contributed by atoms with van der Waals surface area (Å²) >= 11 is 0. The van der Waals surface area contributed by atoms with Gasteiger partial charge < -0.3 is 10.3 Å². The van der Waals surface area contributed by atoms with E-state index in [2.05, 4.69) is 24.9 Å². The van der Waals surface area contributed by atoms with Crippen molar-refractivity contribution in [2.75, 3.05) is 0 Å². The fraction of sp³-hybridized carbons (Fsp3) is 0.333. The van der Waals surface area contributed by atoms with Gasteiger partial charge in [-0.3, -0.25) is 0 Å². The second-order valence-corrected chi connectivity index (χ2v) is 2.53. The molecule has 2 heterocycles.